The highest BCUT2D eigenvalue weighted by atomic mass is 32.1. The van der Waals surface area contributed by atoms with Crippen molar-refractivity contribution >= 4 is 17.2 Å². The van der Waals surface area contributed by atoms with Crippen LogP contribution in [-0.2, 0) is 11.2 Å². The van der Waals surface area contributed by atoms with Gasteiger partial charge in [-0.1, -0.05) is 6.92 Å². The number of hydrogen-bond acceptors (Lipinski definition) is 3. The van der Waals surface area contributed by atoms with Crippen molar-refractivity contribution in [1.82, 2.24) is 10.3 Å². The van der Waals surface area contributed by atoms with Crippen LogP contribution in [0.5, 0.6) is 0 Å². The molecule has 0 saturated heterocycles. The van der Waals surface area contributed by atoms with Crippen molar-refractivity contribution in [1.29, 1.82) is 0 Å². The molecule has 3 nitrogen and oxygen atoms in total. The van der Waals surface area contributed by atoms with Gasteiger partial charge in [-0.3, -0.25) is 4.79 Å². The van der Waals surface area contributed by atoms with E-state index in [2.05, 4.69) is 17.2 Å². The zero-order chi connectivity index (χ0) is 10.6. The monoisotopic (exact) mass is 212 g/mol. The fourth-order valence-electron chi connectivity index (χ4n) is 1.08. The van der Waals surface area contributed by atoms with E-state index < -0.39 is 0 Å². The topological polar surface area (TPSA) is 42.0 Å². The van der Waals surface area contributed by atoms with Crippen molar-refractivity contribution in [2.24, 2.45) is 0 Å². The summed E-state index contributed by atoms with van der Waals surface area (Å²) in [6.45, 7) is 6.63. The molecule has 0 aliphatic carbocycles. The Kier molecular flexibility index (Phi) is 4.07. The lowest BCUT2D eigenvalue weighted by Gasteiger charge is -2.00. The number of rotatable bonds is 4. The van der Waals surface area contributed by atoms with E-state index in [0.717, 1.165) is 17.1 Å². The molecule has 0 aromatic carbocycles. The van der Waals surface area contributed by atoms with Crippen LogP contribution in [0.25, 0.3) is 0 Å². The molecule has 0 aliphatic rings. The van der Waals surface area contributed by atoms with Gasteiger partial charge in [0.05, 0.1) is 10.7 Å². The van der Waals surface area contributed by atoms with Crippen molar-refractivity contribution < 1.29 is 4.79 Å². The van der Waals surface area contributed by atoms with Gasteiger partial charge in [-0.25, -0.2) is 4.98 Å². The summed E-state index contributed by atoms with van der Waals surface area (Å²) in [5.41, 5.74) is 1.10. The predicted octanol–water partition coefficient (Wildman–Crippen LogP) is 1.83. The maximum atomic E-state index is 10.9. The van der Waals surface area contributed by atoms with Gasteiger partial charge in [-0.05, 0) is 13.8 Å². The molecule has 0 aliphatic heterocycles. The number of carbonyl (C=O) groups is 1. The predicted molar refractivity (Wildman–Crippen MR) is 58.6 cm³/mol. The largest absolute Gasteiger partial charge is 0.356 e. The average Bonchev–Trinajstić information content (AvgIpc) is 2.46. The SMILES string of the molecule is CCC(=O)NCCc1nc(C)c(C)s1. The van der Waals surface area contributed by atoms with E-state index in [0.29, 0.717) is 13.0 Å². The number of aromatic nitrogens is 1. The molecule has 1 N–H and O–H groups in total. The van der Waals surface area contributed by atoms with Crippen LogP contribution in [-0.4, -0.2) is 17.4 Å². The number of aryl methyl sites for hydroxylation is 2. The van der Waals surface area contributed by atoms with Crippen molar-refractivity contribution in [2.45, 2.75) is 33.6 Å². The second-order valence-corrected chi connectivity index (χ2v) is 4.49. The van der Waals surface area contributed by atoms with E-state index in [4.69, 9.17) is 0 Å². The van der Waals surface area contributed by atoms with Gasteiger partial charge in [0.2, 0.25) is 5.91 Å². The molecule has 0 atom stereocenters. The highest BCUT2D eigenvalue weighted by Gasteiger charge is 2.03. The standard InChI is InChI=1S/C10H16N2OS/c1-4-9(13)11-6-5-10-12-7(2)8(3)14-10/h4-6H2,1-3H3,(H,11,13). The minimum Gasteiger partial charge on any atom is -0.356 e. The molecule has 1 heterocycles. The molecular formula is C10H16N2OS. The van der Waals surface area contributed by atoms with Crippen molar-refractivity contribution in [3.05, 3.63) is 15.6 Å². The molecule has 14 heavy (non-hydrogen) atoms. The summed E-state index contributed by atoms with van der Waals surface area (Å²) in [5, 5.41) is 3.95. The van der Waals surface area contributed by atoms with Crippen molar-refractivity contribution in [3.63, 3.8) is 0 Å². The van der Waals surface area contributed by atoms with E-state index >= 15 is 0 Å². The lowest BCUT2D eigenvalue weighted by Crippen LogP contribution is -2.24. The molecule has 0 saturated carbocycles. The van der Waals surface area contributed by atoms with Gasteiger partial charge < -0.3 is 5.32 Å². The smallest absolute Gasteiger partial charge is 0.219 e. The molecule has 0 spiro atoms. The van der Waals surface area contributed by atoms with E-state index in [-0.39, 0.29) is 5.91 Å². The van der Waals surface area contributed by atoms with E-state index in [1.165, 1.54) is 4.88 Å². The fourth-order valence-corrected chi connectivity index (χ4v) is 2.01. The molecule has 0 bridgehead atoms. The third kappa shape index (κ3) is 3.10. The van der Waals surface area contributed by atoms with Gasteiger partial charge in [-0.2, -0.15) is 0 Å². The summed E-state index contributed by atoms with van der Waals surface area (Å²) in [6, 6.07) is 0. The van der Waals surface area contributed by atoms with Crippen LogP contribution < -0.4 is 5.32 Å². The van der Waals surface area contributed by atoms with Gasteiger partial charge in [0.25, 0.3) is 0 Å². The van der Waals surface area contributed by atoms with Crippen molar-refractivity contribution in [2.75, 3.05) is 6.54 Å². The lowest BCUT2D eigenvalue weighted by atomic mass is 10.4. The second kappa shape index (κ2) is 5.10. The molecule has 1 amide bonds. The maximum Gasteiger partial charge on any atom is 0.219 e. The first kappa shape index (κ1) is 11.2. The summed E-state index contributed by atoms with van der Waals surface area (Å²) in [6.07, 6.45) is 1.39. The molecule has 1 rings (SSSR count). The third-order valence-electron chi connectivity index (χ3n) is 2.05. The van der Waals surface area contributed by atoms with Gasteiger partial charge in [0.15, 0.2) is 0 Å². The first-order chi connectivity index (χ1) is 6.63. The summed E-state index contributed by atoms with van der Waals surface area (Å²) in [4.78, 5) is 16.6. The van der Waals surface area contributed by atoms with Crippen LogP contribution in [0.2, 0.25) is 0 Å². The molecule has 0 unspecified atom stereocenters. The van der Waals surface area contributed by atoms with Crippen LogP contribution in [0, 0.1) is 13.8 Å². The normalized spacial score (nSPS) is 10.2. The van der Waals surface area contributed by atoms with E-state index in [1.54, 1.807) is 11.3 Å². The fraction of sp³-hybridized carbons (Fsp3) is 0.600. The second-order valence-electron chi connectivity index (χ2n) is 3.20. The Labute approximate surface area is 88.6 Å². The number of thiazole rings is 1. The number of carbonyl (C=O) groups excluding carboxylic acids is 1. The Morgan fingerprint density at radius 3 is 2.71 bits per heavy atom. The molecule has 78 valence electrons. The van der Waals surface area contributed by atoms with E-state index in [9.17, 15) is 4.79 Å². The molecule has 0 fully saturated rings. The van der Waals surface area contributed by atoms with Gasteiger partial charge in [0, 0.05) is 24.3 Å². The Bertz CT molecular complexity index is 300. The van der Waals surface area contributed by atoms with E-state index in [1.807, 2.05) is 13.8 Å². The first-order valence-electron chi connectivity index (χ1n) is 4.83. The van der Waals surface area contributed by atoms with Gasteiger partial charge in [0.1, 0.15) is 0 Å². The summed E-state index contributed by atoms with van der Waals surface area (Å²) in [7, 11) is 0. The number of amides is 1. The Hall–Kier alpha value is -0.900. The van der Waals surface area contributed by atoms with Crippen LogP contribution in [0.4, 0.5) is 0 Å². The highest BCUT2D eigenvalue weighted by Crippen LogP contribution is 2.16. The summed E-state index contributed by atoms with van der Waals surface area (Å²) < 4.78 is 0. The third-order valence-corrected chi connectivity index (χ3v) is 3.19. The maximum absolute atomic E-state index is 10.9. The molecule has 1 aromatic rings. The van der Waals surface area contributed by atoms with Crippen LogP contribution in [0.3, 0.4) is 0 Å². The van der Waals surface area contributed by atoms with Crippen LogP contribution >= 0.6 is 11.3 Å². The Morgan fingerprint density at radius 1 is 1.50 bits per heavy atom. The van der Waals surface area contributed by atoms with Gasteiger partial charge >= 0.3 is 0 Å². The lowest BCUT2D eigenvalue weighted by molar-refractivity contribution is -0.120. The number of nitrogens with one attached hydrogen (secondary N) is 1. The summed E-state index contributed by atoms with van der Waals surface area (Å²) >= 11 is 1.71. The minimum absolute atomic E-state index is 0.106. The quantitative estimate of drug-likeness (QED) is 0.827. The van der Waals surface area contributed by atoms with Crippen LogP contribution in [0.1, 0.15) is 28.9 Å². The van der Waals surface area contributed by atoms with Crippen molar-refractivity contribution in [3.8, 4) is 0 Å². The Morgan fingerprint density at radius 2 is 2.21 bits per heavy atom. The average molecular weight is 212 g/mol. The molecular weight excluding hydrogens is 196 g/mol. The molecule has 0 radical (unpaired) electrons. The highest BCUT2D eigenvalue weighted by molar-refractivity contribution is 7.11. The zero-order valence-corrected chi connectivity index (χ0v) is 9.70. The zero-order valence-electron chi connectivity index (χ0n) is 8.89. The molecule has 4 heteroatoms. The minimum atomic E-state index is 0.106. The molecule has 1 aromatic heterocycles. The number of hydrogen-bond donors (Lipinski definition) is 1. The van der Waals surface area contributed by atoms with Gasteiger partial charge in [-0.15, -0.1) is 11.3 Å². The first-order valence-corrected chi connectivity index (χ1v) is 5.64. The Balaban J connectivity index is 2.35. The summed E-state index contributed by atoms with van der Waals surface area (Å²) in [5.74, 6) is 0.106. The van der Waals surface area contributed by atoms with Crippen LogP contribution in [0.15, 0.2) is 0 Å². The number of nitrogens with zero attached hydrogens (tertiary/aromatic N) is 1.